The summed E-state index contributed by atoms with van der Waals surface area (Å²) in [5, 5.41) is 7.78. The van der Waals surface area contributed by atoms with E-state index >= 15 is 0 Å². The molecule has 0 aliphatic heterocycles. The fourth-order valence-corrected chi connectivity index (χ4v) is 4.25. The quantitative estimate of drug-likeness (QED) is 0.599. The molecule has 3 aromatic rings. The van der Waals surface area contributed by atoms with Gasteiger partial charge in [0.2, 0.25) is 10.0 Å². The number of sulfonamides is 1. The standard InChI is InChI=1S/C17H20N4O4S/c1-3-21(12-11-20-10-4-8-18-20)26(22,23)17-13-14(5-6-16(17)24-2)15-7-9-19-25-15/h4-10,13H,3,11-12H2,1-2H3. The van der Waals surface area contributed by atoms with Crippen LogP contribution in [-0.2, 0) is 16.6 Å². The summed E-state index contributed by atoms with van der Waals surface area (Å²) in [7, 11) is -2.31. The van der Waals surface area contributed by atoms with Crippen molar-refractivity contribution in [3.05, 3.63) is 48.9 Å². The van der Waals surface area contributed by atoms with Crippen molar-refractivity contribution in [3.8, 4) is 17.1 Å². The molecule has 0 saturated heterocycles. The van der Waals surface area contributed by atoms with Gasteiger partial charge in [0.25, 0.3) is 0 Å². The summed E-state index contributed by atoms with van der Waals surface area (Å²) in [6.07, 6.45) is 4.97. The molecule has 0 fully saturated rings. The Bertz CT molecular complexity index is 937. The molecule has 3 rings (SSSR count). The van der Waals surface area contributed by atoms with Gasteiger partial charge in [-0.15, -0.1) is 0 Å². The molecule has 0 spiro atoms. The number of benzene rings is 1. The Morgan fingerprint density at radius 2 is 2.12 bits per heavy atom. The van der Waals surface area contributed by atoms with Crippen molar-refractivity contribution < 1.29 is 17.7 Å². The molecular weight excluding hydrogens is 356 g/mol. The lowest BCUT2D eigenvalue weighted by Crippen LogP contribution is -2.34. The molecule has 2 aromatic heterocycles. The highest BCUT2D eigenvalue weighted by Gasteiger charge is 2.27. The first kappa shape index (κ1) is 18.2. The molecule has 0 bridgehead atoms. The third-order valence-electron chi connectivity index (χ3n) is 3.99. The average Bonchev–Trinajstić information content (AvgIpc) is 3.35. The van der Waals surface area contributed by atoms with Crippen LogP contribution in [0, 0.1) is 0 Å². The van der Waals surface area contributed by atoms with Crippen molar-refractivity contribution in [1.29, 1.82) is 0 Å². The van der Waals surface area contributed by atoms with Crippen molar-refractivity contribution in [2.24, 2.45) is 0 Å². The summed E-state index contributed by atoms with van der Waals surface area (Å²) < 4.78 is 39.9. The van der Waals surface area contributed by atoms with E-state index in [1.54, 1.807) is 54.3 Å². The first-order valence-electron chi connectivity index (χ1n) is 8.13. The predicted octanol–water partition coefficient (Wildman–Crippen LogP) is 2.26. The van der Waals surface area contributed by atoms with E-state index in [4.69, 9.17) is 9.26 Å². The molecule has 1 aromatic carbocycles. The van der Waals surface area contributed by atoms with Gasteiger partial charge in [-0.1, -0.05) is 12.1 Å². The summed E-state index contributed by atoms with van der Waals surface area (Å²) in [5.41, 5.74) is 0.616. The van der Waals surface area contributed by atoms with Crippen molar-refractivity contribution in [2.75, 3.05) is 20.2 Å². The van der Waals surface area contributed by atoms with Crippen LogP contribution in [0.4, 0.5) is 0 Å². The molecular formula is C17H20N4O4S. The zero-order chi connectivity index (χ0) is 18.6. The van der Waals surface area contributed by atoms with Crippen LogP contribution < -0.4 is 4.74 Å². The van der Waals surface area contributed by atoms with E-state index in [2.05, 4.69) is 10.3 Å². The van der Waals surface area contributed by atoms with Gasteiger partial charge in [-0.25, -0.2) is 8.42 Å². The second-order valence-corrected chi connectivity index (χ2v) is 7.41. The van der Waals surface area contributed by atoms with Gasteiger partial charge in [-0.2, -0.15) is 9.40 Å². The number of methoxy groups -OCH3 is 1. The first-order chi connectivity index (χ1) is 12.6. The topological polar surface area (TPSA) is 90.5 Å². The molecule has 0 saturated carbocycles. The highest BCUT2D eigenvalue weighted by atomic mass is 32.2. The number of hydrogen-bond donors (Lipinski definition) is 0. The maximum atomic E-state index is 13.2. The fraction of sp³-hybridized carbons (Fsp3) is 0.294. The van der Waals surface area contributed by atoms with Crippen LogP contribution in [0.2, 0.25) is 0 Å². The van der Waals surface area contributed by atoms with Crippen LogP contribution in [0.3, 0.4) is 0 Å². The minimum absolute atomic E-state index is 0.0937. The molecule has 8 nitrogen and oxygen atoms in total. The number of hydrogen-bond acceptors (Lipinski definition) is 6. The maximum absolute atomic E-state index is 13.2. The number of rotatable bonds is 8. The van der Waals surface area contributed by atoms with Crippen LogP contribution >= 0.6 is 0 Å². The number of aromatic nitrogens is 3. The predicted molar refractivity (Wildman–Crippen MR) is 95.2 cm³/mol. The van der Waals surface area contributed by atoms with E-state index in [0.29, 0.717) is 31.0 Å². The molecule has 0 aliphatic rings. The average molecular weight is 376 g/mol. The molecule has 2 heterocycles. The highest BCUT2D eigenvalue weighted by molar-refractivity contribution is 7.89. The van der Waals surface area contributed by atoms with Gasteiger partial charge in [0.1, 0.15) is 10.6 Å². The second-order valence-electron chi connectivity index (χ2n) is 5.51. The normalized spacial score (nSPS) is 11.8. The Morgan fingerprint density at radius 3 is 2.73 bits per heavy atom. The third kappa shape index (κ3) is 3.63. The van der Waals surface area contributed by atoms with Crippen molar-refractivity contribution in [1.82, 2.24) is 19.2 Å². The van der Waals surface area contributed by atoms with Gasteiger partial charge >= 0.3 is 0 Å². The van der Waals surface area contributed by atoms with Crippen LogP contribution in [0.1, 0.15) is 6.92 Å². The van der Waals surface area contributed by atoms with Gasteiger partial charge < -0.3 is 9.26 Å². The van der Waals surface area contributed by atoms with Gasteiger partial charge in [-0.3, -0.25) is 4.68 Å². The van der Waals surface area contributed by atoms with Crippen LogP contribution in [0.5, 0.6) is 5.75 Å². The van der Waals surface area contributed by atoms with E-state index in [0.717, 1.165) is 0 Å². The summed E-state index contributed by atoms with van der Waals surface area (Å²) in [4.78, 5) is 0.0937. The van der Waals surface area contributed by atoms with E-state index in [1.807, 2.05) is 0 Å². The Labute approximate surface area is 152 Å². The van der Waals surface area contributed by atoms with Gasteiger partial charge in [-0.05, 0) is 24.3 Å². The molecule has 9 heteroatoms. The maximum Gasteiger partial charge on any atom is 0.246 e. The Hall–Kier alpha value is -2.65. The van der Waals surface area contributed by atoms with Crippen LogP contribution in [-0.4, -0.2) is 47.9 Å². The fourth-order valence-electron chi connectivity index (χ4n) is 2.63. The smallest absolute Gasteiger partial charge is 0.246 e. The number of nitrogens with zero attached hydrogens (tertiary/aromatic N) is 4. The van der Waals surface area contributed by atoms with E-state index in [1.165, 1.54) is 17.6 Å². The van der Waals surface area contributed by atoms with E-state index < -0.39 is 10.0 Å². The van der Waals surface area contributed by atoms with Crippen molar-refractivity contribution in [3.63, 3.8) is 0 Å². The molecule has 0 unspecified atom stereocenters. The molecule has 26 heavy (non-hydrogen) atoms. The lowest BCUT2D eigenvalue weighted by Gasteiger charge is -2.22. The first-order valence-corrected chi connectivity index (χ1v) is 9.57. The highest BCUT2D eigenvalue weighted by Crippen LogP contribution is 2.31. The molecule has 0 atom stereocenters. The zero-order valence-electron chi connectivity index (χ0n) is 14.6. The summed E-state index contributed by atoms with van der Waals surface area (Å²) in [6.45, 7) is 2.90. The summed E-state index contributed by atoms with van der Waals surface area (Å²) in [6, 6.07) is 8.37. The molecule has 0 aliphatic carbocycles. The second kappa shape index (κ2) is 7.71. The lowest BCUT2D eigenvalue weighted by atomic mass is 10.2. The number of ether oxygens (including phenoxy) is 1. The van der Waals surface area contributed by atoms with Gasteiger partial charge in [0, 0.05) is 37.1 Å². The third-order valence-corrected chi connectivity index (χ3v) is 5.99. The number of likely N-dealkylation sites (N-methyl/N-ethyl adjacent to an activating group) is 1. The summed E-state index contributed by atoms with van der Waals surface area (Å²) >= 11 is 0. The van der Waals surface area contributed by atoms with Crippen LogP contribution in [0.25, 0.3) is 11.3 Å². The van der Waals surface area contributed by atoms with Crippen molar-refractivity contribution in [2.45, 2.75) is 18.4 Å². The molecule has 0 radical (unpaired) electrons. The van der Waals surface area contributed by atoms with E-state index in [-0.39, 0.29) is 10.6 Å². The van der Waals surface area contributed by atoms with Crippen molar-refractivity contribution >= 4 is 10.0 Å². The summed E-state index contributed by atoms with van der Waals surface area (Å²) in [5.74, 6) is 0.773. The van der Waals surface area contributed by atoms with Crippen LogP contribution in [0.15, 0.2) is 58.3 Å². The monoisotopic (exact) mass is 376 g/mol. The Morgan fingerprint density at radius 1 is 1.27 bits per heavy atom. The molecule has 138 valence electrons. The van der Waals surface area contributed by atoms with E-state index in [9.17, 15) is 8.42 Å². The van der Waals surface area contributed by atoms with Gasteiger partial charge in [0.15, 0.2) is 5.76 Å². The molecule has 0 amide bonds. The van der Waals surface area contributed by atoms with Gasteiger partial charge in [0.05, 0.1) is 19.9 Å². The SMILES string of the molecule is CCN(CCn1cccn1)S(=O)(=O)c1cc(-c2ccno2)ccc1OC. The minimum Gasteiger partial charge on any atom is -0.495 e. The largest absolute Gasteiger partial charge is 0.495 e. The molecule has 0 N–H and O–H groups in total. The Balaban J connectivity index is 1.94. The zero-order valence-corrected chi connectivity index (χ0v) is 15.4. The Kier molecular flexibility index (Phi) is 5.38. The lowest BCUT2D eigenvalue weighted by molar-refractivity contribution is 0.382. The minimum atomic E-state index is -3.76.